The minimum atomic E-state index is -1.00. The van der Waals surface area contributed by atoms with Crippen molar-refractivity contribution in [2.45, 2.75) is 32.1 Å². The van der Waals surface area contributed by atoms with E-state index in [2.05, 4.69) is 4.90 Å². The average Bonchev–Trinajstić information content (AvgIpc) is 3.34. The predicted molar refractivity (Wildman–Crippen MR) is 133 cm³/mol. The monoisotopic (exact) mass is 493 g/mol. The van der Waals surface area contributed by atoms with Crippen molar-refractivity contribution in [3.05, 3.63) is 75.2 Å². The van der Waals surface area contributed by atoms with Gasteiger partial charge in [-0.05, 0) is 41.3 Å². The Labute approximate surface area is 207 Å². The van der Waals surface area contributed by atoms with Gasteiger partial charge in [0.1, 0.15) is 16.5 Å². The molecule has 1 aromatic heterocycles. The number of ether oxygens (including phenoxy) is 2. The van der Waals surface area contributed by atoms with Crippen LogP contribution in [0.4, 0.5) is 5.00 Å². The molecule has 2 aliphatic heterocycles. The molecule has 0 aliphatic carbocycles. The Kier molecular flexibility index (Phi) is 6.12. The Morgan fingerprint density at radius 3 is 2.60 bits per heavy atom. The normalized spacial score (nSPS) is 17.3. The van der Waals surface area contributed by atoms with Gasteiger partial charge in [-0.3, -0.25) is 9.69 Å². The molecule has 0 spiro atoms. The van der Waals surface area contributed by atoms with Gasteiger partial charge in [0.05, 0.1) is 25.3 Å². The Bertz CT molecular complexity index is 1290. The van der Waals surface area contributed by atoms with E-state index in [4.69, 9.17) is 15.2 Å². The standard InChI is InChI=1S/C26H27N3O5S/c1-33-18-8-6-15(7-9-18)11-28-14-21-19(23(26(31)32)24(27)35-21)10-17(28)13-29-12-16-4-3-5-20(34-2)22(16)25(29)30/h3-9,17H,10-14,27H2,1-2H3,(H,31,32). The van der Waals surface area contributed by atoms with E-state index in [1.165, 1.54) is 11.3 Å². The number of carboxylic acids is 1. The first-order chi connectivity index (χ1) is 16.9. The first kappa shape index (κ1) is 23.2. The molecule has 2 aliphatic rings. The highest BCUT2D eigenvalue weighted by molar-refractivity contribution is 7.16. The number of fused-ring (bicyclic) bond motifs is 2. The number of hydrogen-bond acceptors (Lipinski definition) is 7. The number of carboxylic acid groups (broad SMARTS) is 1. The second kappa shape index (κ2) is 9.24. The molecule has 2 aromatic carbocycles. The van der Waals surface area contributed by atoms with Crippen molar-refractivity contribution in [2.24, 2.45) is 0 Å². The lowest BCUT2D eigenvalue weighted by atomic mass is 9.95. The molecular weight excluding hydrogens is 466 g/mol. The summed E-state index contributed by atoms with van der Waals surface area (Å²) >= 11 is 1.34. The lowest BCUT2D eigenvalue weighted by Crippen LogP contribution is -2.47. The molecule has 0 radical (unpaired) electrons. The van der Waals surface area contributed by atoms with Crippen LogP contribution in [0.2, 0.25) is 0 Å². The van der Waals surface area contributed by atoms with Crippen LogP contribution in [0.5, 0.6) is 11.5 Å². The maximum atomic E-state index is 13.3. The highest BCUT2D eigenvalue weighted by Crippen LogP contribution is 2.39. The third-order valence-electron chi connectivity index (χ3n) is 6.81. The summed E-state index contributed by atoms with van der Waals surface area (Å²) in [5.41, 5.74) is 9.76. The largest absolute Gasteiger partial charge is 0.497 e. The molecule has 0 saturated heterocycles. The van der Waals surface area contributed by atoms with Crippen LogP contribution in [-0.4, -0.2) is 53.6 Å². The number of thiophene rings is 1. The number of carbonyl (C=O) groups is 2. The number of rotatable bonds is 7. The summed E-state index contributed by atoms with van der Waals surface area (Å²) in [7, 11) is 3.21. The summed E-state index contributed by atoms with van der Waals surface area (Å²) in [5, 5.41) is 10.1. The molecule has 1 unspecified atom stereocenters. The fraction of sp³-hybridized carbons (Fsp3) is 0.308. The Morgan fingerprint density at radius 2 is 1.91 bits per heavy atom. The van der Waals surface area contributed by atoms with Gasteiger partial charge in [0.2, 0.25) is 0 Å². The number of anilines is 1. The third-order valence-corrected chi connectivity index (χ3v) is 7.85. The number of nitrogen functional groups attached to an aromatic ring is 1. The quantitative estimate of drug-likeness (QED) is 0.518. The maximum Gasteiger partial charge on any atom is 0.338 e. The van der Waals surface area contributed by atoms with Crippen molar-refractivity contribution in [3.63, 3.8) is 0 Å². The molecule has 0 saturated carbocycles. The summed E-state index contributed by atoms with van der Waals surface area (Å²) in [6.07, 6.45) is 0.512. The van der Waals surface area contributed by atoms with Gasteiger partial charge in [-0.15, -0.1) is 11.3 Å². The van der Waals surface area contributed by atoms with Crippen molar-refractivity contribution in [1.29, 1.82) is 0 Å². The van der Waals surface area contributed by atoms with Gasteiger partial charge in [-0.2, -0.15) is 0 Å². The molecule has 5 rings (SSSR count). The van der Waals surface area contributed by atoms with Crippen molar-refractivity contribution in [2.75, 3.05) is 26.5 Å². The minimum absolute atomic E-state index is 0.0593. The minimum Gasteiger partial charge on any atom is -0.497 e. The highest BCUT2D eigenvalue weighted by atomic mass is 32.1. The SMILES string of the molecule is COc1ccc(CN2Cc3sc(N)c(C(=O)O)c3CC2CN2Cc3cccc(OC)c3C2=O)cc1. The Morgan fingerprint density at radius 1 is 1.14 bits per heavy atom. The van der Waals surface area contributed by atoms with Crippen molar-refractivity contribution < 1.29 is 24.2 Å². The second-order valence-corrected chi connectivity index (χ2v) is 9.98. The number of methoxy groups -OCH3 is 2. The zero-order valence-electron chi connectivity index (χ0n) is 19.6. The fourth-order valence-corrected chi connectivity index (χ4v) is 6.20. The zero-order chi connectivity index (χ0) is 24.7. The first-order valence-electron chi connectivity index (χ1n) is 11.3. The maximum absolute atomic E-state index is 13.3. The van der Waals surface area contributed by atoms with E-state index in [9.17, 15) is 14.7 Å². The molecule has 182 valence electrons. The smallest absolute Gasteiger partial charge is 0.338 e. The van der Waals surface area contributed by atoms with E-state index in [-0.39, 0.29) is 17.5 Å². The summed E-state index contributed by atoms with van der Waals surface area (Å²) in [6, 6.07) is 13.5. The molecule has 9 heteroatoms. The fourth-order valence-electron chi connectivity index (χ4n) is 5.08. The molecule has 1 amide bonds. The van der Waals surface area contributed by atoms with Gasteiger partial charge in [0, 0.05) is 37.1 Å². The molecule has 0 fully saturated rings. The van der Waals surface area contributed by atoms with Crippen LogP contribution < -0.4 is 15.2 Å². The number of carbonyl (C=O) groups excluding carboxylic acids is 1. The molecule has 1 atom stereocenters. The molecule has 3 heterocycles. The van der Waals surface area contributed by atoms with E-state index in [1.54, 1.807) is 20.3 Å². The van der Waals surface area contributed by atoms with Crippen LogP contribution in [0.15, 0.2) is 42.5 Å². The average molecular weight is 494 g/mol. The molecule has 8 nitrogen and oxygen atoms in total. The van der Waals surface area contributed by atoms with Crippen LogP contribution >= 0.6 is 11.3 Å². The van der Waals surface area contributed by atoms with Gasteiger partial charge in [0.15, 0.2) is 0 Å². The lowest BCUT2D eigenvalue weighted by molar-refractivity contribution is 0.0651. The van der Waals surface area contributed by atoms with Crippen LogP contribution in [0.25, 0.3) is 0 Å². The molecule has 0 bridgehead atoms. The Hall–Kier alpha value is -3.56. The van der Waals surface area contributed by atoms with Gasteiger partial charge >= 0.3 is 5.97 Å². The number of hydrogen-bond donors (Lipinski definition) is 2. The number of amides is 1. The summed E-state index contributed by atoms with van der Waals surface area (Å²) in [5.74, 6) is 0.306. The van der Waals surface area contributed by atoms with Crippen molar-refractivity contribution in [1.82, 2.24) is 9.80 Å². The highest BCUT2D eigenvalue weighted by Gasteiger charge is 2.37. The summed E-state index contributed by atoms with van der Waals surface area (Å²) in [6.45, 7) is 2.21. The van der Waals surface area contributed by atoms with Crippen LogP contribution in [-0.2, 0) is 26.1 Å². The van der Waals surface area contributed by atoms with Crippen LogP contribution in [0.1, 0.15) is 42.3 Å². The first-order valence-corrected chi connectivity index (χ1v) is 12.2. The number of aromatic carboxylic acids is 1. The van der Waals surface area contributed by atoms with E-state index >= 15 is 0 Å². The van der Waals surface area contributed by atoms with Gasteiger partial charge in [-0.1, -0.05) is 24.3 Å². The molecule has 35 heavy (non-hydrogen) atoms. The summed E-state index contributed by atoms with van der Waals surface area (Å²) in [4.78, 5) is 30.4. The van der Waals surface area contributed by atoms with Gasteiger partial charge < -0.3 is 25.2 Å². The van der Waals surface area contributed by atoms with Gasteiger partial charge in [0.25, 0.3) is 5.91 Å². The van der Waals surface area contributed by atoms with E-state index in [1.807, 2.05) is 41.3 Å². The predicted octanol–water partition coefficient (Wildman–Crippen LogP) is 3.63. The second-order valence-electron chi connectivity index (χ2n) is 8.84. The van der Waals surface area contributed by atoms with E-state index in [0.717, 1.165) is 27.3 Å². The zero-order valence-corrected chi connectivity index (χ0v) is 20.4. The van der Waals surface area contributed by atoms with Crippen LogP contribution in [0, 0.1) is 0 Å². The van der Waals surface area contributed by atoms with E-state index in [0.29, 0.717) is 48.9 Å². The number of nitrogens with zero attached hydrogens (tertiary/aromatic N) is 2. The van der Waals surface area contributed by atoms with E-state index < -0.39 is 5.97 Å². The molecule has 3 aromatic rings. The van der Waals surface area contributed by atoms with Crippen molar-refractivity contribution in [3.8, 4) is 11.5 Å². The molecular formula is C26H27N3O5S. The summed E-state index contributed by atoms with van der Waals surface area (Å²) < 4.78 is 10.7. The van der Waals surface area contributed by atoms with Gasteiger partial charge in [-0.25, -0.2) is 4.79 Å². The topological polar surface area (TPSA) is 105 Å². The number of benzene rings is 2. The lowest BCUT2D eigenvalue weighted by Gasteiger charge is -2.38. The van der Waals surface area contributed by atoms with Crippen LogP contribution in [0.3, 0.4) is 0 Å². The third kappa shape index (κ3) is 4.21. The Balaban J connectivity index is 1.45. The molecule has 3 N–H and O–H groups in total. The van der Waals surface area contributed by atoms with Crippen molar-refractivity contribution >= 4 is 28.2 Å². The number of nitrogens with two attached hydrogens (primary N) is 1.